The van der Waals surface area contributed by atoms with Crippen LogP contribution < -0.4 is 5.32 Å². The van der Waals surface area contributed by atoms with Crippen LogP contribution in [0.4, 0.5) is 5.69 Å². The average molecular weight is 183 g/mol. The number of hydrogen-bond donors (Lipinski definition) is 1. The second-order valence-corrected chi connectivity index (χ2v) is 3.21. The molecule has 0 amide bonds. The molecule has 0 radical (unpaired) electrons. The van der Waals surface area contributed by atoms with Gasteiger partial charge in [-0.2, -0.15) is 0 Å². The molecule has 14 heavy (non-hydrogen) atoms. The van der Waals surface area contributed by atoms with Crippen LogP contribution in [0.15, 0.2) is 46.5 Å². The van der Waals surface area contributed by atoms with Crippen LogP contribution in [-0.2, 0) is 0 Å². The lowest BCUT2D eigenvalue weighted by Crippen LogP contribution is -2.08. The molecule has 2 heterocycles. The van der Waals surface area contributed by atoms with Crippen LogP contribution in [0.1, 0.15) is 5.56 Å². The SMILES string of the molecule is C1=CC2=NCN=C2c2ccccc2N1. The Labute approximate surface area is 81.9 Å². The fourth-order valence-corrected chi connectivity index (χ4v) is 1.72. The van der Waals surface area contributed by atoms with Gasteiger partial charge in [-0.15, -0.1) is 0 Å². The fourth-order valence-electron chi connectivity index (χ4n) is 1.72. The quantitative estimate of drug-likeness (QED) is 0.654. The normalized spacial score (nSPS) is 17.4. The van der Waals surface area contributed by atoms with Crippen LogP contribution in [0.25, 0.3) is 0 Å². The molecule has 0 saturated heterocycles. The maximum Gasteiger partial charge on any atom is 0.130 e. The number of aliphatic imine (C=N–C) groups is 2. The van der Waals surface area contributed by atoms with E-state index in [9.17, 15) is 0 Å². The molecule has 0 fully saturated rings. The third-order valence-corrected chi connectivity index (χ3v) is 2.37. The van der Waals surface area contributed by atoms with Crippen molar-refractivity contribution in [1.29, 1.82) is 0 Å². The Morgan fingerprint density at radius 1 is 1.14 bits per heavy atom. The minimum atomic E-state index is 0.559. The number of anilines is 1. The van der Waals surface area contributed by atoms with E-state index in [0.717, 1.165) is 22.7 Å². The standard InChI is InChI=1S/C11H9N3/c1-2-4-9-8(3-1)11-10(5-6-12-9)13-7-14-11/h1-6,12H,7H2. The highest BCUT2D eigenvalue weighted by molar-refractivity contribution is 6.54. The molecule has 2 aliphatic rings. The van der Waals surface area contributed by atoms with Crippen LogP contribution in [0.5, 0.6) is 0 Å². The van der Waals surface area contributed by atoms with Crippen molar-refractivity contribution in [2.24, 2.45) is 9.98 Å². The number of hydrogen-bond acceptors (Lipinski definition) is 3. The zero-order valence-corrected chi connectivity index (χ0v) is 7.57. The third-order valence-electron chi connectivity index (χ3n) is 2.37. The van der Waals surface area contributed by atoms with Gasteiger partial charge in [0, 0.05) is 17.5 Å². The van der Waals surface area contributed by atoms with Gasteiger partial charge in [-0.1, -0.05) is 18.2 Å². The molecule has 0 aliphatic carbocycles. The predicted octanol–water partition coefficient (Wildman–Crippen LogP) is 1.83. The molecule has 0 atom stereocenters. The fraction of sp³-hybridized carbons (Fsp3) is 0.0909. The van der Waals surface area contributed by atoms with Crippen LogP contribution in [0.2, 0.25) is 0 Å². The minimum Gasteiger partial charge on any atom is -0.361 e. The van der Waals surface area contributed by atoms with E-state index in [-0.39, 0.29) is 0 Å². The lowest BCUT2D eigenvalue weighted by atomic mass is 10.1. The summed E-state index contributed by atoms with van der Waals surface area (Å²) >= 11 is 0. The summed E-state index contributed by atoms with van der Waals surface area (Å²) in [7, 11) is 0. The van der Waals surface area contributed by atoms with Gasteiger partial charge in [0.15, 0.2) is 0 Å². The van der Waals surface area contributed by atoms with Gasteiger partial charge < -0.3 is 5.32 Å². The average Bonchev–Trinajstić information content (AvgIpc) is 2.61. The van der Waals surface area contributed by atoms with E-state index in [1.54, 1.807) is 0 Å². The first-order chi connectivity index (χ1) is 6.95. The molecular weight excluding hydrogens is 174 g/mol. The van der Waals surface area contributed by atoms with Crippen molar-refractivity contribution < 1.29 is 0 Å². The Bertz CT molecular complexity index is 469. The van der Waals surface area contributed by atoms with Crippen molar-refractivity contribution in [1.82, 2.24) is 0 Å². The molecule has 0 spiro atoms. The van der Waals surface area contributed by atoms with Crippen molar-refractivity contribution in [3.8, 4) is 0 Å². The second-order valence-electron chi connectivity index (χ2n) is 3.21. The Morgan fingerprint density at radius 2 is 2.07 bits per heavy atom. The van der Waals surface area contributed by atoms with Gasteiger partial charge in [-0.3, -0.25) is 9.98 Å². The summed E-state index contributed by atoms with van der Waals surface area (Å²) in [6, 6.07) is 8.14. The number of nitrogens with one attached hydrogen (secondary N) is 1. The van der Waals surface area contributed by atoms with Gasteiger partial charge in [0.05, 0.1) is 11.4 Å². The van der Waals surface area contributed by atoms with E-state index >= 15 is 0 Å². The maximum absolute atomic E-state index is 4.38. The highest BCUT2D eigenvalue weighted by Gasteiger charge is 2.18. The lowest BCUT2D eigenvalue weighted by Gasteiger charge is -2.05. The molecule has 0 unspecified atom stereocenters. The Kier molecular flexibility index (Phi) is 1.50. The molecule has 0 saturated carbocycles. The van der Waals surface area contributed by atoms with Crippen LogP contribution in [0.3, 0.4) is 0 Å². The predicted molar refractivity (Wildman–Crippen MR) is 58.0 cm³/mol. The summed E-state index contributed by atoms with van der Waals surface area (Å²) < 4.78 is 0. The third kappa shape index (κ3) is 0.988. The summed E-state index contributed by atoms with van der Waals surface area (Å²) in [5.74, 6) is 0. The monoisotopic (exact) mass is 183 g/mol. The number of rotatable bonds is 0. The number of allylic oxidation sites excluding steroid dienone is 1. The van der Waals surface area contributed by atoms with E-state index in [2.05, 4.69) is 21.4 Å². The van der Waals surface area contributed by atoms with Crippen LogP contribution >= 0.6 is 0 Å². The van der Waals surface area contributed by atoms with Gasteiger partial charge in [-0.25, -0.2) is 0 Å². The van der Waals surface area contributed by atoms with Crippen molar-refractivity contribution in [2.45, 2.75) is 0 Å². The first kappa shape index (κ1) is 7.50. The minimum absolute atomic E-state index is 0.559. The highest BCUT2D eigenvalue weighted by Crippen LogP contribution is 2.21. The summed E-state index contributed by atoms with van der Waals surface area (Å²) in [5.41, 5.74) is 4.20. The Hall–Kier alpha value is -1.90. The Morgan fingerprint density at radius 3 is 3.07 bits per heavy atom. The number of nitrogens with zero attached hydrogens (tertiary/aromatic N) is 2. The molecule has 3 nitrogen and oxygen atoms in total. The molecule has 2 aliphatic heterocycles. The lowest BCUT2D eigenvalue weighted by molar-refractivity contribution is 1.10. The van der Waals surface area contributed by atoms with Gasteiger partial charge in [-0.05, 0) is 12.1 Å². The highest BCUT2D eigenvalue weighted by atomic mass is 15.0. The van der Waals surface area contributed by atoms with Crippen molar-refractivity contribution >= 4 is 17.1 Å². The van der Waals surface area contributed by atoms with Crippen molar-refractivity contribution in [3.05, 3.63) is 42.1 Å². The molecule has 1 aromatic rings. The smallest absolute Gasteiger partial charge is 0.130 e. The van der Waals surface area contributed by atoms with E-state index in [0.29, 0.717) is 6.67 Å². The van der Waals surface area contributed by atoms with Gasteiger partial charge in [0.25, 0.3) is 0 Å². The summed E-state index contributed by atoms with van der Waals surface area (Å²) in [6.45, 7) is 0.559. The molecule has 3 rings (SSSR count). The van der Waals surface area contributed by atoms with E-state index in [4.69, 9.17) is 0 Å². The first-order valence-electron chi connectivity index (χ1n) is 4.57. The largest absolute Gasteiger partial charge is 0.361 e. The number of benzene rings is 1. The van der Waals surface area contributed by atoms with Crippen molar-refractivity contribution in [3.63, 3.8) is 0 Å². The van der Waals surface area contributed by atoms with E-state index in [1.165, 1.54) is 0 Å². The second kappa shape index (κ2) is 2.80. The molecule has 1 aromatic carbocycles. The zero-order valence-electron chi connectivity index (χ0n) is 7.57. The van der Waals surface area contributed by atoms with Crippen molar-refractivity contribution in [2.75, 3.05) is 12.0 Å². The molecular formula is C11H9N3. The van der Waals surface area contributed by atoms with E-state index < -0.39 is 0 Å². The van der Waals surface area contributed by atoms with Gasteiger partial charge >= 0.3 is 0 Å². The summed E-state index contributed by atoms with van der Waals surface area (Å²) in [5, 5.41) is 3.21. The van der Waals surface area contributed by atoms with Gasteiger partial charge in [0.2, 0.25) is 0 Å². The summed E-state index contributed by atoms with van der Waals surface area (Å²) in [6.07, 6.45) is 3.87. The molecule has 1 N–H and O–H groups in total. The first-order valence-corrected chi connectivity index (χ1v) is 4.57. The molecule has 0 aromatic heterocycles. The number of fused-ring (bicyclic) bond motifs is 3. The Balaban J connectivity index is 2.25. The topological polar surface area (TPSA) is 36.8 Å². The molecule has 3 heteroatoms. The maximum atomic E-state index is 4.38. The number of para-hydroxylation sites is 1. The van der Waals surface area contributed by atoms with E-state index in [1.807, 2.05) is 30.5 Å². The van der Waals surface area contributed by atoms with Crippen LogP contribution in [0, 0.1) is 0 Å². The van der Waals surface area contributed by atoms with Crippen LogP contribution in [-0.4, -0.2) is 18.1 Å². The molecule has 0 bridgehead atoms. The van der Waals surface area contributed by atoms with Gasteiger partial charge in [0.1, 0.15) is 6.67 Å². The zero-order chi connectivity index (χ0) is 9.38. The summed E-state index contributed by atoms with van der Waals surface area (Å²) in [4.78, 5) is 8.68. The molecule has 68 valence electrons.